The number of halogens is 1. The van der Waals surface area contributed by atoms with Gasteiger partial charge in [0.1, 0.15) is 12.1 Å². The number of anilines is 1. The molecule has 1 N–H and O–H groups in total. The molecule has 3 rings (SSSR count). The Labute approximate surface area is 129 Å². The SMILES string of the molecule is Brc1ccc2ncnc(NCC3CSCCS3)c2c1. The normalized spacial score (nSPS) is 19.5. The lowest BCUT2D eigenvalue weighted by Crippen LogP contribution is -2.23. The van der Waals surface area contributed by atoms with Crippen molar-refractivity contribution in [2.24, 2.45) is 0 Å². The van der Waals surface area contributed by atoms with Crippen molar-refractivity contribution in [3.05, 3.63) is 29.0 Å². The Hall–Kier alpha value is -0.460. The monoisotopic (exact) mass is 355 g/mol. The standard InChI is InChI=1S/C13H14BrN3S2/c14-9-1-2-12-11(5-9)13(17-8-16-12)15-6-10-7-18-3-4-19-10/h1-2,5,8,10H,3-4,6-7H2,(H,15,16,17). The molecule has 6 heteroatoms. The van der Waals surface area contributed by atoms with E-state index in [0.29, 0.717) is 5.25 Å². The molecule has 0 amide bonds. The van der Waals surface area contributed by atoms with Gasteiger partial charge in [-0.1, -0.05) is 15.9 Å². The van der Waals surface area contributed by atoms with Crippen LogP contribution in [0.1, 0.15) is 0 Å². The maximum atomic E-state index is 4.37. The number of aromatic nitrogens is 2. The van der Waals surface area contributed by atoms with Crippen LogP contribution in [0.2, 0.25) is 0 Å². The van der Waals surface area contributed by atoms with E-state index < -0.39 is 0 Å². The zero-order valence-corrected chi connectivity index (χ0v) is 13.5. The molecule has 1 saturated heterocycles. The van der Waals surface area contributed by atoms with E-state index in [1.54, 1.807) is 6.33 Å². The number of fused-ring (bicyclic) bond motifs is 1. The van der Waals surface area contributed by atoms with E-state index in [1.165, 1.54) is 17.3 Å². The van der Waals surface area contributed by atoms with E-state index >= 15 is 0 Å². The molecule has 3 nitrogen and oxygen atoms in total. The van der Waals surface area contributed by atoms with Crippen molar-refractivity contribution in [3.63, 3.8) is 0 Å². The number of benzene rings is 1. The van der Waals surface area contributed by atoms with Crippen molar-refractivity contribution in [2.45, 2.75) is 5.25 Å². The highest BCUT2D eigenvalue weighted by Gasteiger charge is 2.14. The first-order chi connectivity index (χ1) is 9.33. The van der Waals surface area contributed by atoms with Crippen molar-refractivity contribution in [1.82, 2.24) is 9.97 Å². The van der Waals surface area contributed by atoms with Gasteiger partial charge in [-0.2, -0.15) is 23.5 Å². The Bertz CT molecular complexity index is 573. The molecule has 0 aliphatic carbocycles. The highest BCUT2D eigenvalue weighted by atomic mass is 79.9. The van der Waals surface area contributed by atoms with Crippen molar-refractivity contribution in [2.75, 3.05) is 29.1 Å². The molecule has 1 unspecified atom stereocenters. The first-order valence-electron chi connectivity index (χ1n) is 6.16. The number of hydrogen-bond acceptors (Lipinski definition) is 5. The van der Waals surface area contributed by atoms with Crippen LogP contribution in [0.5, 0.6) is 0 Å². The van der Waals surface area contributed by atoms with Gasteiger partial charge in [0.2, 0.25) is 0 Å². The van der Waals surface area contributed by atoms with Gasteiger partial charge in [-0.3, -0.25) is 0 Å². The summed E-state index contributed by atoms with van der Waals surface area (Å²) in [6.07, 6.45) is 1.63. The van der Waals surface area contributed by atoms with Gasteiger partial charge in [-0.15, -0.1) is 0 Å². The zero-order valence-electron chi connectivity index (χ0n) is 10.3. The van der Waals surface area contributed by atoms with Gasteiger partial charge in [0, 0.05) is 38.9 Å². The largest absolute Gasteiger partial charge is 0.368 e. The fourth-order valence-corrected chi connectivity index (χ4v) is 5.01. The summed E-state index contributed by atoms with van der Waals surface area (Å²) >= 11 is 7.60. The number of nitrogens with zero attached hydrogens (tertiary/aromatic N) is 2. The lowest BCUT2D eigenvalue weighted by molar-refractivity contribution is 0.993. The highest BCUT2D eigenvalue weighted by Crippen LogP contribution is 2.26. The molecule has 100 valence electrons. The van der Waals surface area contributed by atoms with Gasteiger partial charge in [0.15, 0.2) is 0 Å². The molecule has 1 aromatic heterocycles. The first kappa shape index (κ1) is 13.5. The molecule has 19 heavy (non-hydrogen) atoms. The smallest absolute Gasteiger partial charge is 0.137 e. The molecule has 2 heterocycles. The maximum Gasteiger partial charge on any atom is 0.137 e. The highest BCUT2D eigenvalue weighted by molar-refractivity contribution is 9.10. The third-order valence-corrected chi connectivity index (χ3v) is 6.32. The van der Waals surface area contributed by atoms with E-state index in [-0.39, 0.29) is 0 Å². The second-order valence-electron chi connectivity index (χ2n) is 4.33. The molecular formula is C13H14BrN3S2. The van der Waals surface area contributed by atoms with Gasteiger partial charge in [0.05, 0.1) is 5.52 Å². The van der Waals surface area contributed by atoms with Gasteiger partial charge < -0.3 is 5.32 Å². The van der Waals surface area contributed by atoms with Crippen LogP contribution in [-0.4, -0.2) is 39.0 Å². The van der Waals surface area contributed by atoms with Gasteiger partial charge >= 0.3 is 0 Å². The molecule has 0 saturated carbocycles. The van der Waals surface area contributed by atoms with E-state index in [9.17, 15) is 0 Å². The van der Waals surface area contributed by atoms with Crippen molar-refractivity contribution in [3.8, 4) is 0 Å². The summed E-state index contributed by atoms with van der Waals surface area (Å²) in [6.45, 7) is 0.969. The summed E-state index contributed by atoms with van der Waals surface area (Å²) < 4.78 is 1.06. The molecule has 1 atom stereocenters. The molecule has 1 aliphatic heterocycles. The summed E-state index contributed by atoms with van der Waals surface area (Å²) in [5.41, 5.74) is 0.978. The number of thioether (sulfide) groups is 2. The third-order valence-electron chi connectivity index (χ3n) is 2.98. The zero-order chi connectivity index (χ0) is 13.1. The van der Waals surface area contributed by atoms with Crippen LogP contribution in [0.25, 0.3) is 10.9 Å². The van der Waals surface area contributed by atoms with Crippen LogP contribution in [0.4, 0.5) is 5.82 Å². The molecule has 1 aliphatic rings. The van der Waals surface area contributed by atoms with E-state index in [0.717, 1.165) is 27.7 Å². The Kier molecular flexibility index (Phi) is 4.50. The van der Waals surface area contributed by atoms with Crippen LogP contribution in [-0.2, 0) is 0 Å². The summed E-state index contributed by atoms with van der Waals surface area (Å²) in [5.74, 6) is 4.70. The topological polar surface area (TPSA) is 37.8 Å². The van der Waals surface area contributed by atoms with E-state index in [1.807, 2.05) is 23.9 Å². The minimum Gasteiger partial charge on any atom is -0.368 e. The minimum atomic E-state index is 0.677. The Morgan fingerprint density at radius 1 is 1.32 bits per heavy atom. The number of rotatable bonds is 3. The molecule has 1 fully saturated rings. The average molecular weight is 356 g/mol. The summed E-state index contributed by atoms with van der Waals surface area (Å²) in [7, 11) is 0. The van der Waals surface area contributed by atoms with Crippen LogP contribution >= 0.6 is 39.5 Å². The fraction of sp³-hybridized carbons (Fsp3) is 0.385. The lowest BCUT2D eigenvalue weighted by Gasteiger charge is -2.21. The van der Waals surface area contributed by atoms with Crippen LogP contribution < -0.4 is 5.32 Å². The van der Waals surface area contributed by atoms with Gasteiger partial charge in [-0.25, -0.2) is 9.97 Å². The van der Waals surface area contributed by atoms with Gasteiger partial charge in [-0.05, 0) is 18.2 Å². The second kappa shape index (κ2) is 6.33. The number of hydrogen-bond donors (Lipinski definition) is 1. The third kappa shape index (κ3) is 3.35. The minimum absolute atomic E-state index is 0.677. The van der Waals surface area contributed by atoms with E-state index in [2.05, 4.69) is 49.0 Å². The quantitative estimate of drug-likeness (QED) is 0.909. The first-order valence-corrected chi connectivity index (χ1v) is 9.16. The summed E-state index contributed by atoms with van der Waals surface area (Å²) in [5, 5.41) is 5.23. The van der Waals surface area contributed by atoms with Crippen LogP contribution in [0.3, 0.4) is 0 Å². The van der Waals surface area contributed by atoms with Crippen LogP contribution in [0.15, 0.2) is 29.0 Å². The molecule has 1 aromatic carbocycles. The molecular weight excluding hydrogens is 342 g/mol. The average Bonchev–Trinajstić information content (AvgIpc) is 2.46. The molecule has 0 spiro atoms. The predicted octanol–water partition coefficient (Wildman–Crippen LogP) is 3.65. The molecule has 0 bridgehead atoms. The van der Waals surface area contributed by atoms with Gasteiger partial charge in [0.25, 0.3) is 0 Å². The Morgan fingerprint density at radius 3 is 3.11 bits per heavy atom. The Balaban J connectivity index is 1.78. The summed E-state index contributed by atoms with van der Waals surface area (Å²) in [4.78, 5) is 8.67. The van der Waals surface area contributed by atoms with Crippen molar-refractivity contribution < 1.29 is 0 Å². The van der Waals surface area contributed by atoms with E-state index in [4.69, 9.17) is 0 Å². The number of nitrogens with one attached hydrogen (secondary N) is 1. The van der Waals surface area contributed by atoms with Crippen molar-refractivity contribution in [1.29, 1.82) is 0 Å². The summed E-state index contributed by atoms with van der Waals surface area (Å²) in [6, 6.07) is 6.09. The molecule has 0 radical (unpaired) electrons. The predicted molar refractivity (Wildman–Crippen MR) is 89.3 cm³/mol. The lowest BCUT2D eigenvalue weighted by atomic mass is 10.2. The van der Waals surface area contributed by atoms with Crippen LogP contribution in [0, 0.1) is 0 Å². The molecule has 2 aromatic rings. The maximum absolute atomic E-state index is 4.37. The van der Waals surface area contributed by atoms with Crippen molar-refractivity contribution >= 4 is 56.2 Å². The fourth-order valence-electron chi connectivity index (χ4n) is 2.03. The Morgan fingerprint density at radius 2 is 2.26 bits per heavy atom. The second-order valence-corrected chi connectivity index (χ2v) is 7.81.